The Morgan fingerprint density at radius 2 is 1.64 bits per heavy atom. The Balaban J connectivity index is 1.64. The van der Waals surface area contributed by atoms with Crippen LogP contribution in [0.2, 0.25) is 0 Å². The van der Waals surface area contributed by atoms with E-state index in [0.717, 1.165) is 50.0 Å². The quantitative estimate of drug-likeness (QED) is 0.446. The second-order valence-corrected chi connectivity index (χ2v) is 8.82. The summed E-state index contributed by atoms with van der Waals surface area (Å²) in [7, 11) is 0. The van der Waals surface area contributed by atoms with Gasteiger partial charge in [0, 0.05) is 11.5 Å². The van der Waals surface area contributed by atoms with Crippen molar-refractivity contribution in [2.45, 2.75) is 77.0 Å². The van der Waals surface area contributed by atoms with Crippen molar-refractivity contribution in [1.82, 2.24) is 0 Å². The normalized spacial score (nSPS) is 28.1. The molecular formula is C25H31ClF2. The Bertz CT molecular complexity index is 704. The first-order valence-electron chi connectivity index (χ1n) is 10.9. The number of rotatable bonds is 4. The number of hydrogen-bond acceptors (Lipinski definition) is 0. The van der Waals surface area contributed by atoms with Crippen molar-refractivity contribution in [2.24, 2.45) is 17.8 Å². The highest BCUT2D eigenvalue weighted by atomic mass is 35.5. The largest absolute Gasteiger partial charge is 0.206 e. The minimum atomic E-state index is -0.503. The summed E-state index contributed by atoms with van der Waals surface area (Å²) in [6, 6.07) is 3.06. The van der Waals surface area contributed by atoms with Crippen molar-refractivity contribution in [2.75, 3.05) is 0 Å². The van der Waals surface area contributed by atoms with Crippen LogP contribution in [0.3, 0.4) is 0 Å². The average molecular weight is 405 g/mol. The Hall–Kier alpha value is -1.33. The van der Waals surface area contributed by atoms with Gasteiger partial charge >= 0.3 is 0 Å². The zero-order valence-corrected chi connectivity index (χ0v) is 17.6. The van der Waals surface area contributed by atoms with Gasteiger partial charge in [0.05, 0.1) is 5.56 Å². The van der Waals surface area contributed by atoms with Gasteiger partial charge in [0.15, 0.2) is 0 Å². The van der Waals surface area contributed by atoms with Gasteiger partial charge in [-0.1, -0.05) is 49.3 Å². The van der Waals surface area contributed by atoms with Crippen LogP contribution >= 0.6 is 11.6 Å². The highest BCUT2D eigenvalue weighted by Gasteiger charge is 2.24. The minimum absolute atomic E-state index is 0.0637. The molecule has 0 unspecified atom stereocenters. The molecule has 0 saturated heterocycles. The van der Waals surface area contributed by atoms with Gasteiger partial charge in [0.2, 0.25) is 0 Å². The maximum absolute atomic E-state index is 14.6. The standard InChI is InChI=1S/C25H31ClF2/c1-2-3-18-8-11-21(12-9-18)22-16-24(27)23(25(28)17-22)13-10-19-4-6-20(7-5-19)14-15-26/h14-21H,2-9,11-12H2,1H3/b15-14+/t18-,19?,20?,21-. The molecule has 3 rings (SSSR count). The molecule has 0 amide bonds. The second-order valence-electron chi connectivity index (χ2n) is 8.57. The summed E-state index contributed by atoms with van der Waals surface area (Å²) < 4.78 is 29.2. The van der Waals surface area contributed by atoms with Crippen molar-refractivity contribution in [3.8, 4) is 11.8 Å². The van der Waals surface area contributed by atoms with Crippen LogP contribution in [0.15, 0.2) is 23.7 Å². The molecule has 0 aliphatic heterocycles. The predicted molar refractivity (Wildman–Crippen MR) is 113 cm³/mol. The summed E-state index contributed by atoms with van der Waals surface area (Å²) >= 11 is 5.65. The van der Waals surface area contributed by atoms with Gasteiger partial charge < -0.3 is 0 Å². The molecule has 0 nitrogen and oxygen atoms in total. The molecule has 152 valence electrons. The molecule has 2 aliphatic carbocycles. The molecule has 1 aromatic rings. The Labute approximate surface area is 173 Å². The van der Waals surface area contributed by atoms with Crippen LogP contribution in [-0.2, 0) is 0 Å². The summed E-state index contributed by atoms with van der Waals surface area (Å²) in [5.41, 5.74) is 2.33. The molecule has 1 aromatic carbocycles. The first-order chi connectivity index (χ1) is 13.6. The van der Waals surface area contributed by atoms with E-state index in [0.29, 0.717) is 5.92 Å². The third kappa shape index (κ3) is 5.60. The van der Waals surface area contributed by atoms with Crippen LogP contribution in [0.25, 0.3) is 0 Å². The molecule has 0 atom stereocenters. The SMILES string of the molecule is CCC[C@H]1CC[C@H](c2cc(F)c(C#CC3CCC(/C=C/Cl)CC3)c(F)c2)CC1. The third-order valence-corrected chi connectivity index (χ3v) is 6.74. The van der Waals surface area contributed by atoms with Crippen LogP contribution < -0.4 is 0 Å². The van der Waals surface area contributed by atoms with E-state index >= 15 is 0 Å². The number of halogens is 3. The van der Waals surface area contributed by atoms with Gasteiger partial charge in [0.1, 0.15) is 11.6 Å². The summed E-state index contributed by atoms with van der Waals surface area (Å²) in [5, 5.41) is 0. The minimum Gasteiger partial charge on any atom is -0.206 e. The van der Waals surface area contributed by atoms with Gasteiger partial charge in [-0.3, -0.25) is 0 Å². The van der Waals surface area contributed by atoms with Crippen LogP contribution in [0, 0.1) is 41.2 Å². The van der Waals surface area contributed by atoms with Crippen molar-refractivity contribution in [3.05, 3.63) is 46.5 Å². The lowest BCUT2D eigenvalue weighted by Gasteiger charge is -2.28. The highest BCUT2D eigenvalue weighted by Crippen LogP contribution is 2.38. The summed E-state index contributed by atoms with van der Waals surface area (Å²) in [6.07, 6.45) is 12.9. The first-order valence-corrected chi connectivity index (χ1v) is 11.3. The van der Waals surface area contributed by atoms with Gasteiger partial charge in [-0.15, -0.1) is 0 Å². The topological polar surface area (TPSA) is 0 Å². The molecule has 0 radical (unpaired) electrons. The van der Waals surface area contributed by atoms with Crippen LogP contribution in [0.5, 0.6) is 0 Å². The van der Waals surface area contributed by atoms with E-state index in [-0.39, 0.29) is 17.4 Å². The molecule has 0 heterocycles. The van der Waals surface area contributed by atoms with Gasteiger partial charge in [-0.05, 0) is 86.8 Å². The van der Waals surface area contributed by atoms with Gasteiger partial charge in [-0.2, -0.15) is 0 Å². The number of allylic oxidation sites excluding steroid dienone is 1. The third-order valence-electron chi connectivity index (χ3n) is 6.60. The van der Waals surface area contributed by atoms with E-state index in [9.17, 15) is 8.78 Å². The molecule has 2 fully saturated rings. The Morgan fingerprint density at radius 1 is 1.00 bits per heavy atom. The average Bonchev–Trinajstić information content (AvgIpc) is 2.69. The lowest BCUT2D eigenvalue weighted by molar-refractivity contribution is 0.307. The van der Waals surface area contributed by atoms with Crippen molar-refractivity contribution in [1.29, 1.82) is 0 Å². The number of benzene rings is 1. The van der Waals surface area contributed by atoms with Crippen molar-refractivity contribution in [3.63, 3.8) is 0 Å². The lowest BCUT2D eigenvalue weighted by Crippen LogP contribution is -2.14. The molecule has 3 heteroatoms. The van der Waals surface area contributed by atoms with Crippen LogP contribution in [0.4, 0.5) is 8.78 Å². The lowest BCUT2D eigenvalue weighted by atomic mass is 9.77. The summed E-state index contributed by atoms with van der Waals surface area (Å²) in [4.78, 5) is 0. The number of hydrogen-bond donors (Lipinski definition) is 0. The fourth-order valence-corrected chi connectivity index (χ4v) is 5.08. The van der Waals surface area contributed by atoms with E-state index in [1.165, 1.54) is 37.8 Å². The van der Waals surface area contributed by atoms with Gasteiger partial charge in [-0.25, -0.2) is 8.78 Å². The predicted octanol–water partition coefficient (Wildman–Crippen LogP) is 7.95. The van der Waals surface area contributed by atoms with E-state index in [4.69, 9.17) is 11.6 Å². The molecule has 0 spiro atoms. The monoisotopic (exact) mass is 404 g/mol. The maximum Gasteiger partial charge on any atom is 0.142 e. The Kier molecular flexibility index (Phi) is 7.98. The Morgan fingerprint density at radius 3 is 2.21 bits per heavy atom. The van der Waals surface area contributed by atoms with E-state index in [2.05, 4.69) is 18.8 Å². The van der Waals surface area contributed by atoms with Crippen molar-refractivity contribution >= 4 is 11.6 Å². The van der Waals surface area contributed by atoms with Crippen LogP contribution in [0.1, 0.15) is 88.2 Å². The van der Waals surface area contributed by atoms with Gasteiger partial charge in [0.25, 0.3) is 0 Å². The van der Waals surface area contributed by atoms with Crippen LogP contribution in [-0.4, -0.2) is 0 Å². The van der Waals surface area contributed by atoms with E-state index < -0.39 is 11.6 Å². The zero-order valence-electron chi connectivity index (χ0n) is 16.8. The molecule has 2 aliphatic rings. The smallest absolute Gasteiger partial charge is 0.142 e. The fraction of sp³-hybridized carbons (Fsp3) is 0.600. The van der Waals surface area contributed by atoms with E-state index in [1.54, 1.807) is 5.54 Å². The second kappa shape index (κ2) is 10.4. The molecule has 0 aromatic heterocycles. The fourth-order valence-electron chi connectivity index (χ4n) is 4.87. The molecule has 2 saturated carbocycles. The maximum atomic E-state index is 14.6. The summed E-state index contributed by atoms with van der Waals surface area (Å²) in [5.74, 6) is 6.71. The summed E-state index contributed by atoms with van der Waals surface area (Å²) in [6.45, 7) is 2.22. The highest BCUT2D eigenvalue weighted by molar-refractivity contribution is 6.25. The first kappa shape index (κ1) is 21.4. The van der Waals surface area contributed by atoms with Crippen molar-refractivity contribution < 1.29 is 8.78 Å². The molecule has 28 heavy (non-hydrogen) atoms. The zero-order chi connectivity index (χ0) is 19.9. The molecular weight excluding hydrogens is 374 g/mol. The molecule has 0 bridgehead atoms. The molecule has 0 N–H and O–H groups in total. The van der Waals surface area contributed by atoms with E-state index in [1.807, 2.05) is 6.08 Å².